The van der Waals surface area contributed by atoms with E-state index in [4.69, 9.17) is 9.47 Å². The molecule has 1 heterocycles. The summed E-state index contributed by atoms with van der Waals surface area (Å²) in [5.41, 5.74) is 2.80. The van der Waals surface area contributed by atoms with Gasteiger partial charge in [-0.05, 0) is 36.2 Å². The first kappa shape index (κ1) is 20.9. The second-order valence-electron chi connectivity index (χ2n) is 7.30. The van der Waals surface area contributed by atoms with Gasteiger partial charge in [0.25, 0.3) is 5.91 Å². The number of likely N-dealkylation sites (tertiary alicyclic amines) is 1. The zero-order valence-corrected chi connectivity index (χ0v) is 17.2. The van der Waals surface area contributed by atoms with Crippen LogP contribution in [0.2, 0.25) is 0 Å². The average Bonchev–Trinajstić information content (AvgIpc) is 3.19. The number of methoxy groups -OCH3 is 2. The summed E-state index contributed by atoms with van der Waals surface area (Å²) in [4.78, 5) is 27.8. The molecule has 0 aromatic heterocycles. The number of carbonyl (C=O) groups excluding carboxylic acids is 2. The molecule has 1 aliphatic heterocycles. The van der Waals surface area contributed by atoms with Crippen molar-refractivity contribution in [1.29, 1.82) is 0 Å². The van der Waals surface area contributed by atoms with Gasteiger partial charge < -0.3 is 19.7 Å². The highest BCUT2D eigenvalue weighted by Crippen LogP contribution is 2.35. The van der Waals surface area contributed by atoms with Crippen molar-refractivity contribution in [2.45, 2.75) is 12.8 Å². The van der Waals surface area contributed by atoms with E-state index in [9.17, 15) is 9.59 Å². The molecule has 0 bridgehead atoms. The quantitative estimate of drug-likeness (QED) is 0.731. The number of amides is 2. The number of aryl methyl sites for hydroxylation is 1. The molecule has 3 rings (SSSR count). The summed E-state index contributed by atoms with van der Waals surface area (Å²) in [6, 6.07) is 15.2. The number of rotatable bonds is 7. The van der Waals surface area contributed by atoms with Crippen LogP contribution in [0, 0.1) is 12.8 Å². The molecule has 154 valence electrons. The van der Waals surface area contributed by atoms with Gasteiger partial charge in [0, 0.05) is 38.2 Å². The van der Waals surface area contributed by atoms with Crippen molar-refractivity contribution in [1.82, 2.24) is 10.2 Å². The number of nitrogens with zero attached hydrogens (tertiary/aromatic N) is 1. The summed E-state index contributed by atoms with van der Waals surface area (Å²) in [6.07, 6.45) is 0. The zero-order valence-electron chi connectivity index (χ0n) is 17.2. The predicted octanol–water partition coefficient (Wildman–Crippen LogP) is 2.62. The van der Waals surface area contributed by atoms with Crippen molar-refractivity contribution in [2.24, 2.45) is 5.92 Å². The van der Waals surface area contributed by atoms with Gasteiger partial charge in [0.2, 0.25) is 5.91 Å². The molecule has 0 spiro atoms. The van der Waals surface area contributed by atoms with Crippen LogP contribution in [0.5, 0.6) is 5.75 Å². The van der Waals surface area contributed by atoms with Crippen LogP contribution in [0.1, 0.15) is 27.4 Å². The summed E-state index contributed by atoms with van der Waals surface area (Å²) >= 11 is 0. The van der Waals surface area contributed by atoms with Gasteiger partial charge in [-0.25, -0.2) is 0 Å². The molecule has 29 heavy (non-hydrogen) atoms. The molecule has 0 unspecified atom stereocenters. The maximum Gasteiger partial charge on any atom is 0.254 e. The Morgan fingerprint density at radius 2 is 1.90 bits per heavy atom. The van der Waals surface area contributed by atoms with E-state index in [1.807, 2.05) is 31.2 Å². The molecule has 2 amide bonds. The molecule has 2 atom stereocenters. The number of carbonyl (C=O) groups is 2. The first-order valence-electron chi connectivity index (χ1n) is 9.80. The van der Waals surface area contributed by atoms with Crippen molar-refractivity contribution in [3.63, 3.8) is 0 Å². The van der Waals surface area contributed by atoms with Crippen LogP contribution in [0.4, 0.5) is 0 Å². The van der Waals surface area contributed by atoms with Crippen LogP contribution in [0.25, 0.3) is 0 Å². The molecule has 6 nitrogen and oxygen atoms in total. The molecule has 1 N–H and O–H groups in total. The van der Waals surface area contributed by atoms with Gasteiger partial charge in [-0.3, -0.25) is 9.59 Å². The smallest absolute Gasteiger partial charge is 0.254 e. The highest BCUT2D eigenvalue weighted by molar-refractivity contribution is 5.95. The Bertz CT molecular complexity index is 867. The number of ether oxygens (including phenoxy) is 2. The van der Waals surface area contributed by atoms with Gasteiger partial charge in [0.05, 0.1) is 19.6 Å². The van der Waals surface area contributed by atoms with E-state index in [1.54, 1.807) is 37.3 Å². The summed E-state index contributed by atoms with van der Waals surface area (Å²) in [7, 11) is 3.18. The van der Waals surface area contributed by atoms with Gasteiger partial charge in [-0.2, -0.15) is 0 Å². The van der Waals surface area contributed by atoms with E-state index in [2.05, 4.69) is 11.4 Å². The molecular formula is C23H28N2O4. The van der Waals surface area contributed by atoms with Crippen molar-refractivity contribution in [2.75, 3.05) is 40.5 Å². The second kappa shape index (κ2) is 9.56. The number of nitrogens with one attached hydrogen (secondary N) is 1. The Labute approximate surface area is 171 Å². The highest BCUT2D eigenvalue weighted by Gasteiger charge is 2.41. The topological polar surface area (TPSA) is 67.9 Å². The number of benzene rings is 2. The van der Waals surface area contributed by atoms with E-state index in [0.717, 1.165) is 11.1 Å². The number of hydrogen-bond acceptors (Lipinski definition) is 4. The Balaban J connectivity index is 1.84. The van der Waals surface area contributed by atoms with Crippen molar-refractivity contribution in [3.8, 4) is 5.75 Å². The van der Waals surface area contributed by atoms with E-state index in [0.29, 0.717) is 37.6 Å². The second-order valence-corrected chi connectivity index (χ2v) is 7.30. The minimum absolute atomic E-state index is 0.0451. The Kier molecular flexibility index (Phi) is 6.88. The minimum atomic E-state index is -0.303. The summed E-state index contributed by atoms with van der Waals surface area (Å²) in [6.45, 7) is 3.84. The molecule has 2 aromatic carbocycles. The molecular weight excluding hydrogens is 368 g/mol. The van der Waals surface area contributed by atoms with Gasteiger partial charge in [0.15, 0.2) is 0 Å². The fraction of sp³-hybridized carbons (Fsp3) is 0.391. The zero-order chi connectivity index (χ0) is 20.8. The van der Waals surface area contributed by atoms with E-state index in [1.165, 1.54) is 0 Å². The molecule has 0 saturated carbocycles. The van der Waals surface area contributed by atoms with Crippen molar-refractivity contribution < 1.29 is 19.1 Å². The van der Waals surface area contributed by atoms with Gasteiger partial charge in [-0.15, -0.1) is 0 Å². The van der Waals surface area contributed by atoms with Crippen LogP contribution in [-0.4, -0.2) is 57.2 Å². The summed E-state index contributed by atoms with van der Waals surface area (Å²) in [5, 5.41) is 2.94. The van der Waals surface area contributed by atoms with E-state index >= 15 is 0 Å². The van der Waals surface area contributed by atoms with E-state index in [-0.39, 0.29) is 23.7 Å². The monoisotopic (exact) mass is 396 g/mol. The standard InChI is InChI=1S/C23H28N2O4/c1-16-7-4-5-10-19(16)20-14-25(15-21(20)22(26)24-11-12-28-2)23(27)17-8-6-9-18(13-17)29-3/h4-10,13,20-21H,11-12,14-15H2,1-3H3,(H,24,26)/t20-,21-/m0/s1. The third-order valence-electron chi connectivity index (χ3n) is 5.45. The Morgan fingerprint density at radius 3 is 2.62 bits per heavy atom. The SMILES string of the molecule is COCCNC(=O)[C@H]1CN(C(=O)c2cccc(OC)c2)C[C@H]1c1ccccc1C. The first-order chi connectivity index (χ1) is 14.0. The van der Waals surface area contributed by atoms with E-state index < -0.39 is 0 Å². The molecule has 0 radical (unpaired) electrons. The lowest BCUT2D eigenvalue weighted by atomic mass is 9.86. The predicted molar refractivity (Wildman–Crippen MR) is 111 cm³/mol. The fourth-order valence-corrected chi connectivity index (χ4v) is 3.90. The normalized spacial score (nSPS) is 18.5. The van der Waals surface area contributed by atoms with Gasteiger partial charge in [0.1, 0.15) is 5.75 Å². The summed E-state index contributed by atoms with van der Waals surface area (Å²) in [5.74, 6) is 0.154. The van der Waals surface area contributed by atoms with Crippen LogP contribution in [0.15, 0.2) is 48.5 Å². The summed E-state index contributed by atoms with van der Waals surface area (Å²) < 4.78 is 10.3. The molecule has 0 aliphatic carbocycles. The van der Waals surface area contributed by atoms with Crippen LogP contribution in [0.3, 0.4) is 0 Å². The molecule has 1 aliphatic rings. The van der Waals surface area contributed by atoms with Crippen molar-refractivity contribution in [3.05, 3.63) is 65.2 Å². The van der Waals surface area contributed by atoms with Crippen LogP contribution >= 0.6 is 0 Å². The van der Waals surface area contributed by atoms with Crippen molar-refractivity contribution >= 4 is 11.8 Å². The molecule has 2 aromatic rings. The minimum Gasteiger partial charge on any atom is -0.497 e. The number of hydrogen-bond donors (Lipinski definition) is 1. The van der Waals surface area contributed by atoms with Crippen LogP contribution < -0.4 is 10.1 Å². The Hall–Kier alpha value is -2.86. The maximum absolute atomic E-state index is 13.1. The Morgan fingerprint density at radius 1 is 1.10 bits per heavy atom. The third kappa shape index (κ3) is 4.77. The van der Waals surface area contributed by atoms with Crippen LogP contribution in [-0.2, 0) is 9.53 Å². The lowest BCUT2D eigenvalue weighted by molar-refractivity contribution is -0.125. The van der Waals surface area contributed by atoms with Gasteiger partial charge in [-0.1, -0.05) is 30.3 Å². The third-order valence-corrected chi connectivity index (χ3v) is 5.45. The first-order valence-corrected chi connectivity index (χ1v) is 9.80. The lowest BCUT2D eigenvalue weighted by Gasteiger charge is -2.19. The lowest BCUT2D eigenvalue weighted by Crippen LogP contribution is -2.37. The fourth-order valence-electron chi connectivity index (χ4n) is 3.90. The maximum atomic E-state index is 13.1. The largest absolute Gasteiger partial charge is 0.497 e. The molecule has 6 heteroatoms. The van der Waals surface area contributed by atoms with Gasteiger partial charge >= 0.3 is 0 Å². The average molecular weight is 396 g/mol. The molecule has 1 saturated heterocycles. The molecule has 1 fully saturated rings. The highest BCUT2D eigenvalue weighted by atomic mass is 16.5.